The predicted octanol–water partition coefficient (Wildman–Crippen LogP) is 4.07. The van der Waals surface area contributed by atoms with Crippen molar-refractivity contribution in [1.82, 2.24) is 0 Å². The van der Waals surface area contributed by atoms with E-state index in [0.29, 0.717) is 28.7 Å². The summed E-state index contributed by atoms with van der Waals surface area (Å²) in [6.45, 7) is 0. The standard InChI is InChI=1S/C12H8F2O2S/c13-12(14)17-10-4-1-8(2-5-10)11-6-3-9(7-15)16-11/h1-7,12H. The van der Waals surface area contributed by atoms with Crippen LogP contribution < -0.4 is 0 Å². The second kappa shape index (κ2) is 5.14. The monoisotopic (exact) mass is 254 g/mol. The molecule has 88 valence electrons. The summed E-state index contributed by atoms with van der Waals surface area (Å²) in [5.74, 6) is -1.64. The van der Waals surface area contributed by atoms with E-state index < -0.39 is 5.76 Å². The van der Waals surface area contributed by atoms with E-state index >= 15 is 0 Å². The summed E-state index contributed by atoms with van der Waals surface area (Å²) < 4.78 is 29.4. The van der Waals surface area contributed by atoms with E-state index in [1.807, 2.05) is 0 Å². The number of benzene rings is 1. The average Bonchev–Trinajstić information content (AvgIpc) is 2.78. The molecular formula is C12H8F2O2S. The highest BCUT2D eigenvalue weighted by Crippen LogP contribution is 2.28. The van der Waals surface area contributed by atoms with Crippen LogP contribution in [0.3, 0.4) is 0 Å². The molecule has 0 N–H and O–H groups in total. The fraction of sp³-hybridized carbons (Fsp3) is 0.0833. The minimum Gasteiger partial charge on any atom is -0.453 e. The third kappa shape index (κ3) is 2.94. The van der Waals surface area contributed by atoms with Gasteiger partial charge in [0.25, 0.3) is 5.76 Å². The Bertz CT molecular complexity index is 505. The Morgan fingerprint density at radius 3 is 2.35 bits per heavy atom. The Hall–Kier alpha value is -1.62. The zero-order valence-corrected chi connectivity index (χ0v) is 9.42. The first kappa shape index (κ1) is 11.9. The van der Waals surface area contributed by atoms with Gasteiger partial charge in [-0.15, -0.1) is 0 Å². The number of alkyl halides is 2. The van der Waals surface area contributed by atoms with Crippen molar-refractivity contribution in [2.24, 2.45) is 0 Å². The molecule has 0 spiro atoms. The lowest BCUT2D eigenvalue weighted by molar-refractivity contribution is 0.110. The lowest BCUT2D eigenvalue weighted by Gasteiger charge is -2.01. The van der Waals surface area contributed by atoms with E-state index in [1.54, 1.807) is 36.4 Å². The summed E-state index contributed by atoms with van der Waals surface area (Å²) in [5.41, 5.74) is 0.747. The highest BCUT2D eigenvalue weighted by atomic mass is 32.2. The fourth-order valence-electron chi connectivity index (χ4n) is 1.37. The van der Waals surface area contributed by atoms with Crippen molar-refractivity contribution >= 4 is 18.0 Å². The summed E-state index contributed by atoms with van der Waals surface area (Å²) in [6.07, 6.45) is 0.616. The molecule has 0 unspecified atom stereocenters. The van der Waals surface area contributed by atoms with Crippen LogP contribution in [0.4, 0.5) is 8.78 Å². The van der Waals surface area contributed by atoms with Gasteiger partial charge in [0.2, 0.25) is 0 Å². The first-order valence-electron chi connectivity index (χ1n) is 4.79. The number of thioether (sulfide) groups is 1. The van der Waals surface area contributed by atoms with Gasteiger partial charge in [0.15, 0.2) is 12.0 Å². The maximum atomic E-state index is 12.1. The lowest BCUT2D eigenvalue weighted by atomic mass is 10.2. The van der Waals surface area contributed by atoms with Gasteiger partial charge in [-0.25, -0.2) is 0 Å². The molecule has 1 aromatic heterocycles. The van der Waals surface area contributed by atoms with Crippen LogP contribution in [-0.2, 0) is 0 Å². The van der Waals surface area contributed by atoms with Gasteiger partial charge in [0.1, 0.15) is 5.76 Å². The van der Waals surface area contributed by atoms with Crippen LogP contribution >= 0.6 is 11.8 Å². The van der Waals surface area contributed by atoms with Crippen LogP contribution in [0.25, 0.3) is 11.3 Å². The van der Waals surface area contributed by atoms with Crippen molar-refractivity contribution in [3.63, 3.8) is 0 Å². The zero-order chi connectivity index (χ0) is 12.3. The normalized spacial score (nSPS) is 10.8. The van der Waals surface area contributed by atoms with Crippen LogP contribution in [0, 0.1) is 0 Å². The van der Waals surface area contributed by atoms with Crippen LogP contribution in [0.15, 0.2) is 45.7 Å². The van der Waals surface area contributed by atoms with Crippen molar-refractivity contribution in [3.05, 3.63) is 42.2 Å². The highest BCUT2D eigenvalue weighted by molar-refractivity contribution is 7.99. The SMILES string of the molecule is O=Cc1ccc(-c2ccc(SC(F)F)cc2)o1. The van der Waals surface area contributed by atoms with Gasteiger partial charge in [-0.2, -0.15) is 8.78 Å². The molecule has 0 saturated carbocycles. The molecule has 2 rings (SSSR count). The number of rotatable bonds is 4. The van der Waals surface area contributed by atoms with Gasteiger partial charge in [-0.3, -0.25) is 4.79 Å². The molecule has 0 amide bonds. The fourth-order valence-corrected chi connectivity index (χ4v) is 1.87. The number of hydrogen-bond donors (Lipinski definition) is 0. The Morgan fingerprint density at radius 1 is 1.12 bits per heavy atom. The third-order valence-electron chi connectivity index (χ3n) is 2.11. The molecule has 0 fully saturated rings. The third-order valence-corrected chi connectivity index (χ3v) is 2.83. The summed E-state index contributed by atoms with van der Waals surface area (Å²) in [4.78, 5) is 10.9. The van der Waals surface area contributed by atoms with Gasteiger partial charge >= 0.3 is 0 Å². The summed E-state index contributed by atoms with van der Waals surface area (Å²) >= 11 is 0.492. The Kier molecular flexibility index (Phi) is 3.58. The van der Waals surface area contributed by atoms with E-state index in [9.17, 15) is 13.6 Å². The van der Waals surface area contributed by atoms with E-state index in [1.165, 1.54) is 0 Å². The maximum Gasteiger partial charge on any atom is 0.288 e. The summed E-state index contributed by atoms with van der Waals surface area (Å²) in [6, 6.07) is 9.77. The Balaban J connectivity index is 2.19. The number of aldehydes is 1. The number of hydrogen-bond acceptors (Lipinski definition) is 3. The van der Waals surface area contributed by atoms with Gasteiger partial charge in [-0.1, -0.05) is 23.9 Å². The molecule has 17 heavy (non-hydrogen) atoms. The van der Waals surface area contributed by atoms with Crippen molar-refractivity contribution in [3.8, 4) is 11.3 Å². The molecule has 1 heterocycles. The van der Waals surface area contributed by atoms with Gasteiger partial charge in [-0.05, 0) is 24.3 Å². The zero-order valence-electron chi connectivity index (χ0n) is 8.60. The molecule has 2 nitrogen and oxygen atoms in total. The molecule has 0 radical (unpaired) electrons. The largest absolute Gasteiger partial charge is 0.453 e. The Morgan fingerprint density at radius 2 is 1.82 bits per heavy atom. The van der Waals surface area contributed by atoms with Crippen molar-refractivity contribution in [1.29, 1.82) is 0 Å². The van der Waals surface area contributed by atoms with Gasteiger partial charge in [0.05, 0.1) is 0 Å². The first-order valence-corrected chi connectivity index (χ1v) is 5.67. The molecule has 0 aliphatic carbocycles. The molecule has 5 heteroatoms. The minimum atomic E-state index is -2.42. The van der Waals surface area contributed by atoms with Crippen molar-refractivity contribution < 1.29 is 18.0 Å². The quantitative estimate of drug-likeness (QED) is 0.608. The molecule has 0 atom stereocenters. The van der Waals surface area contributed by atoms with Crippen LogP contribution in [0.5, 0.6) is 0 Å². The number of furan rings is 1. The molecular weight excluding hydrogens is 246 g/mol. The molecule has 2 aromatic rings. The van der Waals surface area contributed by atoms with Crippen LogP contribution in [0.2, 0.25) is 0 Å². The molecule has 0 saturated heterocycles. The second-order valence-electron chi connectivity index (χ2n) is 3.22. The van der Waals surface area contributed by atoms with Crippen molar-refractivity contribution in [2.45, 2.75) is 10.7 Å². The van der Waals surface area contributed by atoms with Crippen LogP contribution in [-0.4, -0.2) is 12.0 Å². The minimum absolute atomic E-state index is 0.242. The second-order valence-corrected chi connectivity index (χ2v) is 4.29. The van der Waals surface area contributed by atoms with Crippen LogP contribution in [0.1, 0.15) is 10.6 Å². The predicted molar refractivity (Wildman–Crippen MR) is 61.4 cm³/mol. The number of carbonyl (C=O) groups excluding carboxylic acids is 1. The smallest absolute Gasteiger partial charge is 0.288 e. The van der Waals surface area contributed by atoms with Crippen molar-refractivity contribution in [2.75, 3.05) is 0 Å². The maximum absolute atomic E-state index is 12.1. The Labute approximate surface area is 101 Å². The molecule has 0 aliphatic rings. The first-order chi connectivity index (χ1) is 8.19. The lowest BCUT2D eigenvalue weighted by Crippen LogP contribution is -1.81. The molecule has 1 aromatic carbocycles. The summed E-state index contributed by atoms with van der Waals surface area (Å²) in [5, 5.41) is 0. The highest BCUT2D eigenvalue weighted by Gasteiger charge is 2.07. The van der Waals surface area contributed by atoms with E-state index in [2.05, 4.69) is 0 Å². The topological polar surface area (TPSA) is 30.2 Å². The summed E-state index contributed by atoms with van der Waals surface area (Å²) in [7, 11) is 0. The number of halogens is 2. The van der Waals surface area contributed by atoms with E-state index in [-0.39, 0.29) is 5.76 Å². The van der Waals surface area contributed by atoms with E-state index in [4.69, 9.17) is 4.42 Å². The molecule has 0 aliphatic heterocycles. The van der Waals surface area contributed by atoms with Gasteiger partial charge in [0, 0.05) is 10.5 Å². The average molecular weight is 254 g/mol. The molecule has 0 bridgehead atoms. The van der Waals surface area contributed by atoms with E-state index in [0.717, 1.165) is 5.56 Å². The van der Waals surface area contributed by atoms with Gasteiger partial charge < -0.3 is 4.42 Å². The number of carbonyl (C=O) groups is 1.